The Morgan fingerprint density at radius 3 is 2.88 bits per heavy atom. The maximum atomic E-state index is 10.7. The van der Waals surface area contributed by atoms with Crippen molar-refractivity contribution in [3.63, 3.8) is 0 Å². The third-order valence-electron chi connectivity index (χ3n) is 1.90. The molecule has 0 aliphatic rings. The summed E-state index contributed by atoms with van der Waals surface area (Å²) in [6.45, 7) is 2.91. The van der Waals surface area contributed by atoms with E-state index in [4.69, 9.17) is 19.1 Å². The molecule has 0 spiro atoms. The molecule has 2 N–H and O–H groups in total. The van der Waals surface area contributed by atoms with Gasteiger partial charge in [-0.2, -0.15) is 5.48 Å². The summed E-state index contributed by atoms with van der Waals surface area (Å²) in [5.74, 6) is -0.579. The molecule has 0 bridgehead atoms. The molecule has 90 valence electrons. The van der Waals surface area contributed by atoms with Crippen LogP contribution in [-0.4, -0.2) is 31.4 Å². The molecule has 1 heterocycles. The first-order valence-corrected chi connectivity index (χ1v) is 4.81. The fourth-order valence-electron chi connectivity index (χ4n) is 1.17. The number of carboxylic acid groups (broad SMARTS) is 1. The Labute approximate surface area is 93.1 Å². The van der Waals surface area contributed by atoms with Crippen molar-refractivity contribution in [3.8, 4) is 0 Å². The highest BCUT2D eigenvalue weighted by Crippen LogP contribution is 2.14. The molecule has 1 aromatic rings. The van der Waals surface area contributed by atoms with Gasteiger partial charge < -0.3 is 14.3 Å². The van der Waals surface area contributed by atoms with Crippen LogP contribution in [0.5, 0.6) is 0 Å². The van der Waals surface area contributed by atoms with Crippen LogP contribution in [0.2, 0.25) is 0 Å². The van der Waals surface area contributed by atoms with Crippen molar-refractivity contribution in [3.05, 3.63) is 23.2 Å². The number of hydrogen-bond donors (Lipinski definition) is 2. The Morgan fingerprint density at radius 1 is 1.56 bits per heavy atom. The predicted octanol–water partition coefficient (Wildman–Crippen LogP) is 0.954. The normalized spacial score (nSPS) is 10.6. The highest BCUT2D eigenvalue weighted by molar-refractivity contribution is 5.86. The first kappa shape index (κ1) is 12.7. The van der Waals surface area contributed by atoms with Crippen LogP contribution in [0.25, 0.3) is 0 Å². The molecular formula is C10H15NO5. The third-order valence-corrected chi connectivity index (χ3v) is 1.90. The van der Waals surface area contributed by atoms with E-state index < -0.39 is 5.97 Å². The van der Waals surface area contributed by atoms with Crippen molar-refractivity contribution in [1.82, 2.24) is 5.48 Å². The van der Waals surface area contributed by atoms with Crippen LogP contribution in [0.3, 0.4) is 0 Å². The average Bonchev–Trinajstić information content (AvgIpc) is 2.59. The molecule has 1 rings (SSSR count). The quantitative estimate of drug-likeness (QED) is 0.535. The van der Waals surface area contributed by atoms with Crippen LogP contribution >= 0.6 is 0 Å². The maximum Gasteiger partial charge on any atom is 0.372 e. The van der Waals surface area contributed by atoms with Crippen molar-refractivity contribution in [1.29, 1.82) is 0 Å². The zero-order chi connectivity index (χ0) is 12.0. The summed E-state index contributed by atoms with van der Waals surface area (Å²) >= 11 is 0. The van der Waals surface area contributed by atoms with Crippen LogP contribution in [0.1, 0.15) is 21.9 Å². The van der Waals surface area contributed by atoms with Gasteiger partial charge in [0.2, 0.25) is 5.76 Å². The number of hydrogen-bond acceptors (Lipinski definition) is 5. The van der Waals surface area contributed by atoms with E-state index in [-0.39, 0.29) is 5.76 Å². The second kappa shape index (κ2) is 6.26. The Bertz CT molecular complexity index is 347. The molecule has 0 radical (unpaired) electrons. The van der Waals surface area contributed by atoms with E-state index in [0.717, 1.165) is 0 Å². The molecule has 0 amide bonds. The first-order chi connectivity index (χ1) is 7.65. The monoisotopic (exact) mass is 229 g/mol. The number of ether oxygens (including phenoxy) is 1. The summed E-state index contributed by atoms with van der Waals surface area (Å²) in [7, 11) is 1.58. The van der Waals surface area contributed by atoms with Gasteiger partial charge in [0.15, 0.2) is 0 Å². The Morgan fingerprint density at radius 2 is 2.31 bits per heavy atom. The molecule has 16 heavy (non-hydrogen) atoms. The fourth-order valence-corrected chi connectivity index (χ4v) is 1.17. The Hall–Kier alpha value is -1.37. The van der Waals surface area contributed by atoms with E-state index >= 15 is 0 Å². The smallest absolute Gasteiger partial charge is 0.372 e. The van der Waals surface area contributed by atoms with Crippen LogP contribution in [0, 0.1) is 6.92 Å². The van der Waals surface area contributed by atoms with Crippen molar-refractivity contribution >= 4 is 5.97 Å². The van der Waals surface area contributed by atoms with Crippen molar-refractivity contribution in [2.45, 2.75) is 13.5 Å². The summed E-state index contributed by atoms with van der Waals surface area (Å²) in [6.07, 6.45) is 0. The number of hydroxylamine groups is 1. The SMILES string of the molecule is COCCONCc1cc(C)c(C(=O)O)o1. The van der Waals surface area contributed by atoms with Crippen molar-refractivity contribution in [2.75, 3.05) is 20.3 Å². The minimum atomic E-state index is -1.07. The Kier molecular flexibility index (Phi) is 4.97. The van der Waals surface area contributed by atoms with Gasteiger partial charge in [-0.3, -0.25) is 4.84 Å². The molecule has 0 fully saturated rings. The lowest BCUT2D eigenvalue weighted by Gasteiger charge is -2.02. The minimum Gasteiger partial charge on any atom is -0.475 e. The van der Waals surface area contributed by atoms with Crippen LogP contribution < -0.4 is 5.48 Å². The molecular weight excluding hydrogens is 214 g/mol. The fraction of sp³-hybridized carbons (Fsp3) is 0.500. The van der Waals surface area contributed by atoms with Gasteiger partial charge in [0.05, 0.1) is 19.8 Å². The van der Waals surface area contributed by atoms with E-state index in [0.29, 0.717) is 31.1 Å². The molecule has 6 heteroatoms. The summed E-state index contributed by atoms with van der Waals surface area (Å²) in [5.41, 5.74) is 3.25. The number of aromatic carboxylic acids is 1. The number of carbonyl (C=O) groups is 1. The van der Waals surface area contributed by atoms with Gasteiger partial charge in [-0.05, 0) is 13.0 Å². The van der Waals surface area contributed by atoms with E-state index in [1.54, 1.807) is 20.1 Å². The molecule has 0 unspecified atom stereocenters. The molecule has 0 atom stereocenters. The lowest BCUT2D eigenvalue weighted by molar-refractivity contribution is 0.000841. The molecule has 0 saturated heterocycles. The van der Waals surface area contributed by atoms with Gasteiger partial charge in [-0.15, -0.1) is 0 Å². The van der Waals surface area contributed by atoms with Crippen molar-refractivity contribution in [2.24, 2.45) is 0 Å². The molecule has 0 aromatic carbocycles. The number of aryl methyl sites for hydroxylation is 1. The van der Waals surface area contributed by atoms with E-state index in [9.17, 15) is 4.79 Å². The summed E-state index contributed by atoms with van der Waals surface area (Å²) in [5, 5.41) is 8.76. The molecule has 0 aliphatic heterocycles. The highest BCUT2D eigenvalue weighted by atomic mass is 16.7. The number of rotatable bonds is 7. The second-order valence-corrected chi connectivity index (χ2v) is 3.19. The van der Waals surface area contributed by atoms with Crippen LogP contribution in [0.4, 0.5) is 0 Å². The summed E-state index contributed by atoms with van der Waals surface area (Å²) in [6, 6.07) is 1.66. The van der Waals surface area contributed by atoms with Crippen LogP contribution in [0.15, 0.2) is 10.5 Å². The van der Waals surface area contributed by atoms with Gasteiger partial charge in [0, 0.05) is 12.7 Å². The number of methoxy groups -OCH3 is 1. The topological polar surface area (TPSA) is 80.9 Å². The molecule has 1 aromatic heterocycles. The van der Waals surface area contributed by atoms with Gasteiger partial charge in [0.1, 0.15) is 5.76 Å². The second-order valence-electron chi connectivity index (χ2n) is 3.19. The van der Waals surface area contributed by atoms with Gasteiger partial charge in [0.25, 0.3) is 0 Å². The largest absolute Gasteiger partial charge is 0.475 e. The minimum absolute atomic E-state index is 0.0336. The van der Waals surface area contributed by atoms with Gasteiger partial charge in [-0.25, -0.2) is 4.79 Å². The van der Waals surface area contributed by atoms with Crippen LogP contribution in [-0.2, 0) is 16.1 Å². The predicted molar refractivity (Wildman–Crippen MR) is 55.1 cm³/mol. The average molecular weight is 229 g/mol. The maximum absolute atomic E-state index is 10.7. The summed E-state index contributed by atoms with van der Waals surface area (Å²) < 4.78 is 9.89. The third kappa shape index (κ3) is 3.65. The lowest BCUT2D eigenvalue weighted by atomic mass is 10.2. The molecule has 0 aliphatic carbocycles. The van der Waals surface area contributed by atoms with E-state index in [1.807, 2.05) is 0 Å². The van der Waals surface area contributed by atoms with Gasteiger partial charge in [-0.1, -0.05) is 0 Å². The number of carboxylic acids is 1. The molecule has 0 saturated carbocycles. The molecule has 6 nitrogen and oxygen atoms in total. The zero-order valence-electron chi connectivity index (χ0n) is 9.28. The van der Waals surface area contributed by atoms with E-state index in [2.05, 4.69) is 5.48 Å². The highest BCUT2D eigenvalue weighted by Gasteiger charge is 2.13. The standard InChI is InChI=1S/C10H15NO5/c1-7-5-8(16-9(7)10(12)13)6-11-15-4-3-14-2/h5,11H,3-4,6H2,1-2H3,(H,12,13). The number of nitrogens with one attached hydrogen (secondary N) is 1. The number of furan rings is 1. The summed E-state index contributed by atoms with van der Waals surface area (Å²) in [4.78, 5) is 15.7. The van der Waals surface area contributed by atoms with Crippen molar-refractivity contribution < 1.29 is 23.9 Å². The van der Waals surface area contributed by atoms with E-state index in [1.165, 1.54) is 0 Å². The lowest BCUT2D eigenvalue weighted by Crippen LogP contribution is -2.16. The zero-order valence-corrected chi connectivity index (χ0v) is 9.28. The Balaban J connectivity index is 2.37. The van der Waals surface area contributed by atoms with Gasteiger partial charge >= 0.3 is 5.97 Å². The first-order valence-electron chi connectivity index (χ1n) is 4.81.